The first-order chi connectivity index (χ1) is 11.0. The van der Waals surface area contributed by atoms with E-state index in [1.807, 2.05) is 4.90 Å². The number of nitrogens with one attached hydrogen (secondary N) is 2. The van der Waals surface area contributed by atoms with Crippen LogP contribution < -0.4 is 10.6 Å². The van der Waals surface area contributed by atoms with E-state index >= 15 is 0 Å². The van der Waals surface area contributed by atoms with E-state index in [0.717, 1.165) is 70.7 Å². The molecule has 0 aromatic heterocycles. The highest BCUT2D eigenvalue weighted by atomic mass is 16.2. The Morgan fingerprint density at radius 3 is 2.43 bits per heavy atom. The van der Waals surface area contributed by atoms with Crippen molar-refractivity contribution in [2.45, 2.75) is 40.5 Å². The molecule has 23 heavy (non-hydrogen) atoms. The van der Waals surface area contributed by atoms with Gasteiger partial charge in [0, 0.05) is 59.3 Å². The van der Waals surface area contributed by atoms with Gasteiger partial charge in [0.05, 0.1) is 0 Å². The highest BCUT2D eigenvalue weighted by Gasteiger charge is 2.17. The number of carbonyl (C=O) groups excluding carboxylic acids is 1. The van der Waals surface area contributed by atoms with Gasteiger partial charge in [0.1, 0.15) is 0 Å². The fourth-order valence-corrected chi connectivity index (χ4v) is 2.65. The van der Waals surface area contributed by atoms with Crippen molar-refractivity contribution in [1.29, 1.82) is 0 Å². The van der Waals surface area contributed by atoms with E-state index in [1.165, 1.54) is 6.42 Å². The van der Waals surface area contributed by atoms with Gasteiger partial charge in [0.25, 0.3) is 0 Å². The summed E-state index contributed by atoms with van der Waals surface area (Å²) in [5.74, 6) is 1.85. The van der Waals surface area contributed by atoms with E-state index in [0.29, 0.717) is 0 Å². The van der Waals surface area contributed by atoms with Gasteiger partial charge in [-0.2, -0.15) is 0 Å². The lowest BCUT2D eigenvalue weighted by Crippen LogP contribution is -2.50. The molecule has 1 amide bonds. The Hall–Kier alpha value is -1.30. The van der Waals surface area contributed by atoms with Crippen LogP contribution in [0.25, 0.3) is 0 Å². The van der Waals surface area contributed by atoms with Crippen molar-refractivity contribution in [2.24, 2.45) is 10.9 Å². The molecule has 2 N–H and O–H groups in total. The third kappa shape index (κ3) is 8.79. The van der Waals surface area contributed by atoms with Crippen molar-refractivity contribution >= 4 is 11.9 Å². The van der Waals surface area contributed by atoms with Crippen LogP contribution in [-0.4, -0.2) is 74.0 Å². The molecule has 0 bridgehead atoms. The maximum atomic E-state index is 11.3. The van der Waals surface area contributed by atoms with Crippen LogP contribution in [0.4, 0.5) is 0 Å². The van der Waals surface area contributed by atoms with Crippen molar-refractivity contribution in [1.82, 2.24) is 20.4 Å². The third-order valence-corrected chi connectivity index (χ3v) is 4.09. The second kappa shape index (κ2) is 11.3. The second-order valence-electron chi connectivity index (χ2n) is 6.57. The normalized spacial score (nSPS) is 16.7. The summed E-state index contributed by atoms with van der Waals surface area (Å²) in [6, 6.07) is 0. The molecule has 0 unspecified atom stereocenters. The maximum Gasteiger partial charge on any atom is 0.219 e. The standard InChI is InChI=1S/C17H35N5O/c1-5-18-17(19-8-6-7-15(2)3)20-9-10-21-11-13-22(14-12-21)16(4)23/h15H,5-14H2,1-4H3,(H2,18,19,20). The largest absolute Gasteiger partial charge is 0.357 e. The molecule has 134 valence electrons. The lowest BCUT2D eigenvalue weighted by Gasteiger charge is -2.34. The molecule has 0 aromatic rings. The predicted molar refractivity (Wildman–Crippen MR) is 96.7 cm³/mol. The Balaban J connectivity index is 2.22. The number of nitrogens with zero attached hydrogens (tertiary/aromatic N) is 3. The topological polar surface area (TPSA) is 60.0 Å². The van der Waals surface area contributed by atoms with Gasteiger partial charge in [-0.15, -0.1) is 0 Å². The molecule has 0 saturated carbocycles. The molecule has 0 aromatic carbocycles. The zero-order valence-corrected chi connectivity index (χ0v) is 15.4. The SMILES string of the molecule is CCNC(=NCCCC(C)C)NCCN1CCN(C(C)=O)CC1. The van der Waals surface area contributed by atoms with Crippen LogP contribution >= 0.6 is 0 Å². The average molecular weight is 326 g/mol. The number of carbonyl (C=O) groups is 1. The molecule has 0 atom stereocenters. The van der Waals surface area contributed by atoms with E-state index in [-0.39, 0.29) is 5.91 Å². The molecule has 0 aliphatic carbocycles. The monoisotopic (exact) mass is 325 g/mol. The lowest BCUT2D eigenvalue weighted by molar-refractivity contribution is -0.130. The number of rotatable bonds is 8. The quantitative estimate of drug-likeness (QED) is 0.399. The summed E-state index contributed by atoms with van der Waals surface area (Å²) in [6.45, 7) is 15.5. The Morgan fingerprint density at radius 1 is 1.17 bits per heavy atom. The van der Waals surface area contributed by atoms with Gasteiger partial charge in [-0.3, -0.25) is 14.7 Å². The molecular weight excluding hydrogens is 290 g/mol. The van der Waals surface area contributed by atoms with Crippen LogP contribution in [-0.2, 0) is 4.79 Å². The molecule has 1 saturated heterocycles. The minimum Gasteiger partial charge on any atom is -0.357 e. The first-order valence-corrected chi connectivity index (χ1v) is 9.03. The maximum absolute atomic E-state index is 11.3. The number of hydrogen-bond acceptors (Lipinski definition) is 3. The molecule has 1 aliphatic heterocycles. The van der Waals surface area contributed by atoms with Gasteiger partial charge in [-0.25, -0.2) is 0 Å². The van der Waals surface area contributed by atoms with Crippen LogP contribution in [0, 0.1) is 5.92 Å². The van der Waals surface area contributed by atoms with Gasteiger partial charge in [-0.1, -0.05) is 13.8 Å². The lowest BCUT2D eigenvalue weighted by atomic mass is 10.1. The fourth-order valence-electron chi connectivity index (χ4n) is 2.65. The second-order valence-corrected chi connectivity index (χ2v) is 6.57. The fraction of sp³-hybridized carbons (Fsp3) is 0.882. The molecule has 1 aliphatic rings. The summed E-state index contributed by atoms with van der Waals surface area (Å²) < 4.78 is 0. The number of hydrogen-bond donors (Lipinski definition) is 2. The number of piperazine rings is 1. The average Bonchev–Trinajstić information content (AvgIpc) is 2.51. The summed E-state index contributed by atoms with van der Waals surface area (Å²) in [6.07, 6.45) is 2.37. The number of aliphatic imine (C=N–C) groups is 1. The molecular formula is C17H35N5O. The number of guanidine groups is 1. The Labute approximate surface area is 141 Å². The van der Waals surface area contributed by atoms with Crippen molar-refractivity contribution in [3.05, 3.63) is 0 Å². The molecule has 0 radical (unpaired) electrons. The molecule has 1 fully saturated rings. The summed E-state index contributed by atoms with van der Waals surface area (Å²) in [5, 5.41) is 6.70. The van der Waals surface area contributed by atoms with E-state index in [1.54, 1.807) is 6.92 Å². The van der Waals surface area contributed by atoms with Crippen molar-refractivity contribution in [2.75, 3.05) is 52.4 Å². The molecule has 0 spiro atoms. The van der Waals surface area contributed by atoms with E-state index in [4.69, 9.17) is 0 Å². The highest BCUT2D eigenvalue weighted by Crippen LogP contribution is 2.03. The van der Waals surface area contributed by atoms with Crippen molar-refractivity contribution in [3.63, 3.8) is 0 Å². The van der Waals surface area contributed by atoms with E-state index < -0.39 is 0 Å². The van der Waals surface area contributed by atoms with Gasteiger partial charge in [-0.05, 0) is 25.7 Å². The molecule has 6 nitrogen and oxygen atoms in total. The predicted octanol–water partition coefficient (Wildman–Crippen LogP) is 1.14. The Bertz CT molecular complexity index is 362. The smallest absolute Gasteiger partial charge is 0.219 e. The van der Waals surface area contributed by atoms with Gasteiger partial charge < -0.3 is 15.5 Å². The summed E-state index contributed by atoms with van der Waals surface area (Å²) in [5.41, 5.74) is 0. The first kappa shape index (κ1) is 19.7. The highest BCUT2D eigenvalue weighted by molar-refractivity contribution is 5.79. The zero-order valence-electron chi connectivity index (χ0n) is 15.4. The molecule has 6 heteroatoms. The van der Waals surface area contributed by atoms with E-state index in [9.17, 15) is 4.79 Å². The van der Waals surface area contributed by atoms with Crippen LogP contribution in [0.5, 0.6) is 0 Å². The number of amides is 1. The van der Waals surface area contributed by atoms with Crippen molar-refractivity contribution in [3.8, 4) is 0 Å². The van der Waals surface area contributed by atoms with Gasteiger partial charge >= 0.3 is 0 Å². The van der Waals surface area contributed by atoms with Crippen LogP contribution in [0.2, 0.25) is 0 Å². The van der Waals surface area contributed by atoms with E-state index in [2.05, 4.69) is 41.3 Å². The van der Waals surface area contributed by atoms with Crippen molar-refractivity contribution < 1.29 is 4.79 Å². The minimum absolute atomic E-state index is 0.186. The van der Waals surface area contributed by atoms with Gasteiger partial charge in [0.2, 0.25) is 5.91 Å². The Kier molecular flexibility index (Phi) is 9.67. The Morgan fingerprint density at radius 2 is 1.87 bits per heavy atom. The molecule has 1 rings (SSSR count). The minimum atomic E-state index is 0.186. The first-order valence-electron chi connectivity index (χ1n) is 9.03. The van der Waals surface area contributed by atoms with Crippen LogP contribution in [0.15, 0.2) is 4.99 Å². The summed E-state index contributed by atoms with van der Waals surface area (Å²) in [4.78, 5) is 20.3. The van der Waals surface area contributed by atoms with Gasteiger partial charge in [0.15, 0.2) is 5.96 Å². The van der Waals surface area contributed by atoms with Crippen LogP contribution in [0.3, 0.4) is 0 Å². The summed E-state index contributed by atoms with van der Waals surface area (Å²) >= 11 is 0. The zero-order chi connectivity index (χ0) is 17.1. The summed E-state index contributed by atoms with van der Waals surface area (Å²) in [7, 11) is 0. The van der Waals surface area contributed by atoms with Crippen LogP contribution in [0.1, 0.15) is 40.5 Å². The molecule has 1 heterocycles. The third-order valence-electron chi connectivity index (χ3n) is 4.09.